The van der Waals surface area contributed by atoms with Crippen molar-refractivity contribution in [1.82, 2.24) is 19.4 Å². The molecule has 5 rings (SSSR count). The van der Waals surface area contributed by atoms with Crippen LogP contribution in [0.5, 0.6) is 0 Å². The number of aryl methyl sites for hydroxylation is 1. The zero-order valence-corrected chi connectivity index (χ0v) is 24.5. The number of rotatable bonds is 4. The van der Waals surface area contributed by atoms with Crippen molar-refractivity contribution >= 4 is 28.8 Å². The first-order valence-electron chi connectivity index (χ1n) is 15.0. The molecule has 2 atom stereocenters. The highest BCUT2D eigenvalue weighted by Crippen LogP contribution is 2.27. The van der Waals surface area contributed by atoms with E-state index in [1.807, 2.05) is 23.1 Å². The Kier molecular flexibility index (Phi) is 9.89. The molecule has 2 saturated heterocycles. The summed E-state index contributed by atoms with van der Waals surface area (Å²) >= 11 is 0. The Balaban J connectivity index is 0.000000681. The molecule has 1 aromatic heterocycles. The Morgan fingerprint density at radius 1 is 1.00 bits per heavy atom. The molecule has 40 heavy (non-hydrogen) atoms. The minimum atomic E-state index is -0.703. The number of carbonyl (C=O) groups is 3. The van der Waals surface area contributed by atoms with Crippen molar-refractivity contribution in [3.8, 4) is 11.8 Å². The SMILES string of the molecule is CCC(C)C.Cn1c(=O)n(C2CCC(=O)NC2=O)c2ccc(C#CC3CCN(CC4CCCCC4)C(=O)C3)cc21. The van der Waals surface area contributed by atoms with Gasteiger partial charge in [0.2, 0.25) is 17.7 Å². The Morgan fingerprint density at radius 2 is 1.73 bits per heavy atom. The number of nitrogens with zero attached hydrogens (tertiary/aromatic N) is 3. The van der Waals surface area contributed by atoms with Crippen molar-refractivity contribution < 1.29 is 14.4 Å². The maximum Gasteiger partial charge on any atom is 0.329 e. The van der Waals surface area contributed by atoms with E-state index in [4.69, 9.17) is 0 Å². The average Bonchev–Trinajstić information content (AvgIpc) is 3.19. The van der Waals surface area contributed by atoms with Crippen LogP contribution in [0.1, 0.15) is 96.6 Å². The Hall–Kier alpha value is -3.34. The maximum atomic E-state index is 12.9. The summed E-state index contributed by atoms with van der Waals surface area (Å²) < 4.78 is 2.98. The largest absolute Gasteiger partial charge is 0.342 e. The summed E-state index contributed by atoms with van der Waals surface area (Å²) in [4.78, 5) is 51.5. The molecular weight excluding hydrogens is 504 g/mol. The van der Waals surface area contributed by atoms with Crippen molar-refractivity contribution in [2.75, 3.05) is 13.1 Å². The smallest absolute Gasteiger partial charge is 0.329 e. The molecule has 2 unspecified atom stereocenters. The van der Waals surface area contributed by atoms with Gasteiger partial charge in [-0.2, -0.15) is 0 Å². The first-order valence-corrected chi connectivity index (χ1v) is 15.0. The highest BCUT2D eigenvalue weighted by atomic mass is 16.2. The third kappa shape index (κ3) is 7.04. The standard InChI is InChI=1S/C27H32N4O4.C5H12/c1-29-23-15-18(9-10-21(23)31(27(29)35)22-11-12-24(32)28-26(22)34)7-8-19-13-14-30(25(33)16-19)17-20-5-3-2-4-6-20;1-4-5(2)3/h9-10,15,19-20,22H,2-6,11-14,16-17H2,1H3,(H,28,32,34);5H,4H2,1-3H3. The number of piperidine rings is 2. The number of amides is 3. The van der Waals surface area contributed by atoms with Crippen LogP contribution < -0.4 is 11.0 Å². The summed E-state index contributed by atoms with van der Waals surface area (Å²) in [5.74, 6) is 7.52. The van der Waals surface area contributed by atoms with E-state index >= 15 is 0 Å². The molecular formula is C32H44N4O4. The van der Waals surface area contributed by atoms with Crippen molar-refractivity contribution in [1.29, 1.82) is 0 Å². The van der Waals surface area contributed by atoms with E-state index in [1.165, 1.54) is 47.7 Å². The van der Waals surface area contributed by atoms with Crippen molar-refractivity contribution in [3.63, 3.8) is 0 Å². The molecule has 3 heterocycles. The fourth-order valence-electron chi connectivity index (χ4n) is 5.73. The minimum Gasteiger partial charge on any atom is -0.342 e. The van der Waals surface area contributed by atoms with Crippen molar-refractivity contribution in [2.45, 2.75) is 91.0 Å². The first-order chi connectivity index (χ1) is 19.2. The Labute approximate surface area is 237 Å². The Bertz CT molecular complexity index is 1350. The summed E-state index contributed by atoms with van der Waals surface area (Å²) in [6.07, 6.45) is 9.54. The van der Waals surface area contributed by atoms with Gasteiger partial charge in [-0.25, -0.2) is 4.79 Å². The number of hydrogen-bond donors (Lipinski definition) is 1. The molecule has 1 saturated carbocycles. The molecule has 3 fully saturated rings. The van der Waals surface area contributed by atoms with Gasteiger partial charge in [0.1, 0.15) is 6.04 Å². The van der Waals surface area contributed by atoms with Gasteiger partial charge in [0.05, 0.1) is 11.0 Å². The third-order valence-corrected chi connectivity index (χ3v) is 8.57. The molecule has 1 aliphatic carbocycles. The Morgan fingerprint density at radius 3 is 2.38 bits per heavy atom. The molecule has 2 aromatic rings. The van der Waals surface area contributed by atoms with Crippen LogP contribution in [-0.4, -0.2) is 44.8 Å². The van der Waals surface area contributed by atoms with Gasteiger partial charge in [0.25, 0.3) is 0 Å². The third-order valence-electron chi connectivity index (χ3n) is 8.57. The van der Waals surface area contributed by atoms with E-state index in [2.05, 4.69) is 37.9 Å². The van der Waals surface area contributed by atoms with Crippen LogP contribution in [-0.2, 0) is 21.4 Å². The average molecular weight is 549 g/mol. The monoisotopic (exact) mass is 548 g/mol. The van der Waals surface area contributed by atoms with E-state index in [9.17, 15) is 19.2 Å². The number of imide groups is 1. The normalized spacial score (nSPS) is 22.0. The van der Waals surface area contributed by atoms with Gasteiger partial charge < -0.3 is 4.90 Å². The minimum absolute atomic E-state index is 0.0395. The number of imidazole rings is 1. The van der Waals surface area contributed by atoms with Crippen LogP contribution in [0.2, 0.25) is 0 Å². The zero-order chi connectivity index (χ0) is 28.8. The van der Waals surface area contributed by atoms with E-state index in [1.54, 1.807) is 7.05 Å². The summed E-state index contributed by atoms with van der Waals surface area (Å²) in [7, 11) is 1.67. The predicted molar refractivity (Wildman–Crippen MR) is 156 cm³/mol. The molecule has 3 aliphatic rings. The number of benzene rings is 1. The molecule has 8 nitrogen and oxygen atoms in total. The summed E-state index contributed by atoms with van der Waals surface area (Å²) in [5.41, 5.74) is 1.80. The van der Waals surface area contributed by atoms with Crippen LogP contribution in [0.15, 0.2) is 23.0 Å². The fraction of sp³-hybridized carbons (Fsp3) is 0.625. The maximum absolute atomic E-state index is 12.9. The van der Waals surface area contributed by atoms with Crippen molar-refractivity contribution in [2.24, 2.45) is 24.8 Å². The number of aromatic nitrogens is 2. The molecule has 3 amide bonds. The van der Waals surface area contributed by atoms with E-state index in [0.29, 0.717) is 29.8 Å². The van der Waals surface area contributed by atoms with Crippen LogP contribution in [0.3, 0.4) is 0 Å². The molecule has 0 bridgehead atoms. The number of nitrogens with one attached hydrogen (secondary N) is 1. The lowest BCUT2D eigenvalue weighted by molar-refractivity contribution is -0.136. The summed E-state index contributed by atoms with van der Waals surface area (Å²) in [5, 5.41) is 2.33. The van der Waals surface area contributed by atoms with E-state index in [-0.39, 0.29) is 29.8 Å². The quantitative estimate of drug-likeness (QED) is 0.448. The van der Waals surface area contributed by atoms with E-state index in [0.717, 1.165) is 31.0 Å². The van der Waals surface area contributed by atoms with Crippen LogP contribution >= 0.6 is 0 Å². The summed E-state index contributed by atoms with van der Waals surface area (Å²) in [6.45, 7) is 8.32. The summed E-state index contributed by atoms with van der Waals surface area (Å²) in [6, 6.07) is 4.80. The van der Waals surface area contributed by atoms with Gasteiger partial charge in [0.15, 0.2) is 0 Å². The predicted octanol–water partition coefficient (Wildman–Crippen LogP) is 4.54. The zero-order valence-electron chi connectivity index (χ0n) is 24.5. The highest BCUT2D eigenvalue weighted by molar-refractivity contribution is 6.00. The van der Waals surface area contributed by atoms with Crippen LogP contribution in [0.4, 0.5) is 0 Å². The molecule has 216 valence electrons. The second-order valence-electron chi connectivity index (χ2n) is 12.0. The van der Waals surface area contributed by atoms with Gasteiger partial charge >= 0.3 is 5.69 Å². The lowest BCUT2D eigenvalue weighted by Gasteiger charge is -2.34. The van der Waals surface area contributed by atoms with Gasteiger partial charge in [-0.15, -0.1) is 0 Å². The highest BCUT2D eigenvalue weighted by Gasteiger charge is 2.31. The van der Waals surface area contributed by atoms with Gasteiger partial charge in [-0.1, -0.05) is 58.3 Å². The molecule has 1 aromatic carbocycles. The van der Waals surface area contributed by atoms with Gasteiger partial charge in [-0.05, 0) is 55.7 Å². The fourth-order valence-corrected chi connectivity index (χ4v) is 5.73. The van der Waals surface area contributed by atoms with Crippen molar-refractivity contribution in [3.05, 3.63) is 34.2 Å². The van der Waals surface area contributed by atoms with Crippen LogP contribution in [0.25, 0.3) is 11.0 Å². The second kappa shape index (κ2) is 13.3. The molecule has 8 heteroatoms. The first kappa shape index (κ1) is 29.6. The number of fused-ring (bicyclic) bond motifs is 1. The van der Waals surface area contributed by atoms with Gasteiger partial charge in [0, 0.05) is 44.5 Å². The number of carbonyl (C=O) groups excluding carboxylic acids is 3. The molecule has 0 spiro atoms. The van der Waals surface area contributed by atoms with Crippen LogP contribution in [0, 0.1) is 29.6 Å². The molecule has 2 aliphatic heterocycles. The molecule has 0 radical (unpaired) electrons. The molecule has 1 N–H and O–H groups in total. The lowest BCUT2D eigenvalue weighted by Crippen LogP contribution is -2.44. The van der Waals surface area contributed by atoms with Gasteiger partial charge in [-0.3, -0.25) is 28.8 Å². The number of likely N-dealkylation sites (tertiary alicyclic amines) is 1. The second-order valence-corrected chi connectivity index (χ2v) is 12.0. The topological polar surface area (TPSA) is 93.4 Å². The van der Waals surface area contributed by atoms with E-state index < -0.39 is 11.9 Å². The lowest BCUT2D eigenvalue weighted by atomic mass is 9.88. The number of hydrogen-bond acceptors (Lipinski definition) is 4.